The fourth-order valence-electron chi connectivity index (χ4n) is 1.72. The molecule has 0 aliphatic rings. The number of amides is 2. The molecule has 0 fully saturated rings. The van der Waals surface area contributed by atoms with Crippen molar-refractivity contribution in [2.24, 2.45) is 11.8 Å². The van der Waals surface area contributed by atoms with Crippen molar-refractivity contribution in [3.8, 4) is 6.07 Å². The summed E-state index contributed by atoms with van der Waals surface area (Å²) in [6.45, 7) is 4.45. The number of nitrogens with zero attached hydrogens (tertiary/aromatic N) is 1. The van der Waals surface area contributed by atoms with Gasteiger partial charge in [0.2, 0.25) is 11.8 Å². The molecule has 0 heterocycles. The van der Waals surface area contributed by atoms with E-state index in [0.717, 1.165) is 5.56 Å². The lowest BCUT2D eigenvalue weighted by Crippen LogP contribution is -2.40. The van der Waals surface area contributed by atoms with Crippen LogP contribution in [0.25, 0.3) is 0 Å². The molecule has 0 saturated heterocycles. The third-order valence-electron chi connectivity index (χ3n) is 2.89. The van der Waals surface area contributed by atoms with E-state index in [9.17, 15) is 9.59 Å². The van der Waals surface area contributed by atoms with Gasteiger partial charge in [-0.1, -0.05) is 44.2 Å². The van der Waals surface area contributed by atoms with Crippen molar-refractivity contribution in [2.45, 2.75) is 20.3 Å². The summed E-state index contributed by atoms with van der Waals surface area (Å²) in [7, 11) is 0. The maximum Gasteiger partial charge on any atom is 0.239 e. The Morgan fingerprint density at radius 1 is 1.19 bits per heavy atom. The second kappa shape index (κ2) is 8.75. The third-order valence-corrected chi connectivity index (χ3v) is 2.89. The van der Waals surface area contributed by atoms with Crippen molar-refractivity contribution in [1.82, 2.24) is 10.6 Å². The second-order valence-electron chi connectivity index (χ2n) is 5.29. The molecule has 0 saturated carbocycles. The van der Waals surface area contributed by atoms with Crippen molar-refractivity contribution in [3.63, 3.8) is 0 Å². The number of carbonyl (C=O) groups is 2. The van der Waals surface area contributed by atoms with E-state index in [-0.39, 0.29) is 12.5 Å². The van der Waals surface area contributed by atoms with Gasteiger partial charge < -0.3 is 10.6 Å². The largest absolute Gasteiger partial charge is 0.354 e. The van der Waals surface area contributed by atoms with Crippen molar-refractivity contribution >= 4 is 11.8 Å². The van der Waals surface area contributed by atoms with Gasteiger partial charge in [-0.2, -0.15) is 5.26 Å². The fourth-order valence-corrected chi connectivity index (χ4v) is 1.72. The van der Waals surface area contributed by atoms with Gasteiger partial charge in [0.25, 0.3) is 0 Å². The lowest BCUT2D eigenvalue weighted by Gasteiger charge is -2.11. The summed E-state index contributed by atoms with van der Waals surface area (Å²) in [4.78, 5) is 23.4. The Labute approximate surface area is 125 Å². The fraction of sp³-hybridized carbons (Fsp3) is 0.438. The number of nitrogens with one attached hydrogen (secondary N) is 2. The first-order valence-electron chi connectivity index (χ1n) is 7.01. The van der Waals surface area contributed by atoms with Crippen LogP contribution in [0.1, 0.15) is 19.4 Å². The van der Waals surface area contributed by atoms with Gasteiger partial charge in [0.1, 0.15) is 5.92 Å². The number of benzene rings is 1. The predicted octanol–water partition coefficient (Wildman–Crippen LogP) is 1.26. The molecule has 1 atom stereocenters. The van der Waals surface area contributed by atoms with Crippen LogP contribution in [0.3, 0.4) is 0 Å². The predicted molar refractivity (Wildman–Crippen MR) is 80.1 cm³/mol. The van der Waals surface area contributed by atoms with Crippen molar-refractivity contribution in [1.29, 1.82) is 5.26 Å². The maximum atomic E-state index is 11.9. The highest BCUT2D eigenvalue weighted by molar-refractivity contribution is 5.87. The minimum atomic E-state index is -0.787. The molecular weight excluding hydrogens is 266 g/mol. The Morgan fingerprint density at radius 3 is 2.43 bits per heavy atom. The summed E-state index contributed by atoms with van der Waals surface area (Å²) in [5, 5.41) is 14.3. The number of rotatable bonds is 7. The molecule has 0 aromatic heterocycles. The maximum absolute atomic E-state index is 11.9. The summed E-state index contributed by atoms with van der Waals surface area (Å²) in [6.07, 6.45) is 0.344. The molecule has 2 amide bonds. The molecule has 1 unspecified atom stereocenters. The number of carbonyl (C=O) groups excluding carboxylic acids is 2. The van der Waals surface area contributed by atoms with Crippen LogP contribution < -0.4 is 10.6 Å². The molecule has 1 aromatic rings. The standard InChI is InChI=1S/C16H21N3O2/c1-12(2)10-18-15(20)11-19-16(21)14(9-17)8-13-6-4-3-5-7-13/h3-7,12,14H,8,10-11H2,1-2H3,(H,18,20)(H,19,21). The molecule has 5 heteroatoms. The van der Waals surface area contributed by atoms with Crippen LogP contribution in [0.5, 0.6) is 0 Å². The molecule has 2 N–H and O–H groups in total. The Hall–Kier alpha value is -2.35. The summed E-state index contributed by atoms with van der Waals surface area (Å²) in [6, 6.07) is 11.3. The Kier molecular flexibility index (Phi) is 6.96. The Morgan fingerprint density at radius 2 is 1.86 bits per heavy atom. The van der Waals surface area contributed by atoms with Crippen LogP contribution in [0, 0.1) is 23.2 Å². The van der Waals surface area contributed by atoms with Gasteiger partial charge in [0.05, 0.1) is 12.6 Å². The number of nitriles is 1. The van der Waals surface area contributed by atoms with E-state index in [0.29, 0.717) is 18.9 Å². The number of hydrogen-bond donors (Lipinski definition) is 2. The van der Waals surface area contributed by atoms with Gasteiger partial charge >= 0.3 is 0 Å². The van der Waals surface area contributed by atoms with E-state index in [4.69, 9.17) is 5.26 Å². The highest BCUT2D eigenvalue weighted by Gasteiger charge is 2.18. The highest BCUT2D eigenvalue weighted by Crippen LogP contribution is 2.08. The molecular formula is C16H21N3O2. The Bertz CT molecular complexity index is 506. The SMILES string of the molecule is CC(C)CNC(=O)CNC(=O)C(C#N)Cc1ccccc1. The van der Waals surface area contributed by atoms with Crippen LogP contribution in [0.4, 0.5) is 0 Å². The van der Waals surface area contributed by atoms with Crippen molar-refractivity contribution in [2.75, 3.05) is 13.1 Å². The smallest absolute Gasteiger partial charge is 0.239 e. The summed E-state index contributed by atoms with van der Waals surface area (Å²) in [5.41, 5.74) is 0.920. The molecule has 21 heavy (non-hydrogen) atoms. The van der Waals surface area contributed by atoms with E-state index in [1.54, 1.807) is 0 Å². The van der Waals surface area contributed by atoms with Gasteiger partial charge in [-0.05, 0) is 17.9 Å². The molecule has 5 nitrogen and oxygen atoms in total. The zero-order valence-corrected chi connectivity index (χ0v) is 12.4. The van der Waals surface area contributed by atoms with Gasteiger partial charge in [-0.15, -0.1) is 0 Å². The van der Waals surface area contributed by atoms with Crippen LogP contribution in [0.15, 0.2) is 30.3 Å². The van der Waals surface area contributed by atoms with Crippen molar-refractivity contribution in [3.05, 3.63) is 35.9 Å². The first-order chi connectivity index (χ1) is 10.0. The molecule has 1 rings (SSSR count). The zero-order chi connectivity index (χ0) is 15.7. The topological polar surface area (TPSA) is 82.0 Å². The Balaban J connectivity index is 2.42. The minimum absolute atomic E-state index is 0.0987. The number of hydrogen-bond acceptors (Lipinski definition) is 3. The van der Waals surface area contributed by atoms with E-state index in [1.165, 1.54) is 0 Å². The van der Waals surface area contributed by atoms with Crippen LogP contribution in [0.2, 0.25) is 0 Å². The lowest BCUT2D eigenvalue weighted by molar-refractivity contribution is -0.127. The summed E-state index contributed by atoms with van der Waals surface area (Å²) in [5.74, 6) is -1.09. The van der Waals surface area contributed by atoms with E-state index < -0.39 is 11.8 Å². The third kappa shape index (κ3) is 6.57. The molecule has 112 valence electrons. The molecule has 0 spiro atoms. The van der Waals surface area contributed by atoms with Gasteiger partial charge in [-0.3, -0.25) is 9.59 Å². The van der Waals surface area contributed by atoms with Gasteiger partial charge in [0.15, 0.2) is 0 Å². The minimum Gasteiger partial charge on any atom is -0.354 e. The van der Waals surface area contributed by atoms with Gasteiger partial charge in [-0.25, -0.2) is 0 Å². The monoisotopic (exact) mass is 287 g/mol. The quantitative estimate of drug-likeness (QED) is 0.792. The van der Waals surface area contributed by atoms with Crippen LogP contribution >= 0.6 is 0 Å². The summed E-state index contributed by atoms with van der Waals surface area (Å²) < 4.78 is 0. The highest BCUT2D eigenvalue weighted by atomic mass is 16.2. The second-order valence-corrected chi connectivity index (χ2v) is 5.29. The van der Waals surface area contributed by atoms with Crippen LogP contribution in [-0.4, -0.2) is 24.9 Å². The van der Waals surface area contributed by atoms with E-state index in [1.807, 2.05) is 50.2 Å². The zero-order valence-electron chi connectivity index (χ0n) is 12.4. The lowest BCUT2D eigenvalue weighted by atomic mass is 10.00. The van der Waals surface area contributed by atoms with Crippen LogP contribution in [-0.2, 0) is 16.0 Å². The molecule has 0 bridgehead atoms. The average Bonchev–Trinajstić information content (AvgIpc) is 2.49. The normalized spacial score (nSPS) is 11.5. The molecule has 0 aliphatic carbocycles. The van der Waals surface area contributed by atoms with Crippen molar-refractivity contribution < 1.29 is 9.59 Å². The van der Waals surface area contributed by atoms with E-state index in [2.05, 4.69) is 10.6 Å². The van der Waals surface area contributed by atoms with E-state index >= 15 is 0 Å². The molecule has 1 aromatic carbocycles. The molecule has 0 aliphatic heterocycles. The first-order valence-corrected chi connectivity index (χ1v) is 7.01. The average molecular weight is 287 g/mol. The summed E-state index contributed by atoms with van der Waals surface area (Å²) >= 11 is 0. The van der Waals surface area contributed by atoms with Gasteiger partial charge in [0, 0.05) is 6.54 Å². The first kappa shape index (κ1) is 16.7. The molecule has 0 radical (unpaired) electrons.